The van der Waals surface area contributed by atoms with Crippen LogP contribution in [0, 0.1) is 0 Å². The summed E-state index contributed by atoms with van der Waals surface area (Å²) in [5.41, 5.74) is 0.997. The fraction of sp³-hybridized carbons (Fsp3) is 0.727. The molecule has 1 heterocycles. The average molecular weight is 313 g/mol. The van der Waals surface area contributed by atoms with Crippen molar-refractivity contribution in [1.29, 1.82) is 0 Å². The van der Waals surface area contributed by atoms with Crippen molar-refractivity contribution in [3.8, 4) is 0 Å². The first-order valence-corrected chi connectivity index (χ1v) is 7.26. The third-order valence-corrected chi connectivity index (χ3v) is 2.59. The van der Waals surface area contributed by atoms with Crippen LogP contribution in [0.2, 0.25) is 0 Å². The zero-order valence-electron chi connectivity index (χ0n) is 12.2. The quantitative estimate of drug-likeness (QED) is 0.785. The molecule has 3 N–H and O–H groups in total. The summed E-state index contributed by atoms with van der Waals surface area (Å²) in [4.78, 5) is 0. The molecule has 1 atom stereocenters. The van der Waals surface area contributed by atoms with Crippen molar-refractivity contribution in [1.82, 2.24) is 9.78 Å². The Morgan fingerprint density at radius 1 is 1.58 bits per heavy atom. The van der Waals surface area contributed by atoms with Gasteiger partial charge in [-0.15, -0.1) is 0 Å². The van der Waals surface area contributed by atoms with E-state index in [1.54, 1.807) is 10.9 Å². The van der Waals surface area contributed by atoms with Gasteiger partial charge in [0.05, 0.1) is 36.4 Å². The number of rotatable bonds is 6. The maximum atomic E-state index is 6.47. The van der Waals surface area contributed by atoms with Gasteiger partial charge in [-0.25, -0.2) is 0 Å². The van der Waals surface area contributed by atoms with Gasteiger partial charge in [-0.05, 0) is 13.8 Å². The lowest BCUT2D eigenvalue weighted by molar-refractivity contribution is 0.0836. The van der Waals surface area contributed by atoms with E-state index in [0.717, 1.165) is 18.8 Å². The van der Waals surface area contributed by atoms with E-state index in [2.05, 4.69) is 17.0 Å². The molecule has 0 aromatic carbocycles. The second-order valence-corrected chi connectivity index (χ2v) is 3.96. The summed E-state index contributed by atoms with van der Waals surface area (Å²) < 4.78 is 15.7. The van der Waals surface area contributed by atoms with Crippen molar-refractivity contribution in [2.75, 3.05) is 17.5 Å². The minimum absolute atomic E-state index is 0.159. The molecule has 0 radical (unpaired) electrons. The van der Waals surface area contributed by atoms with Crippen molar-refractivity contribution in [3.63, 3.8) is 0 Å². The number of aromatic nitrogens is 2. The van der Waals surface area contributed by atoms with Gasteiger partial charge in [-0.1, -0.05) is 13.8 Å². The molecule has 0 amide bonds. The zero-order chi connectivity index (χ0) is 15.3. The first-order valence-electron chi connectivity index (χ1n) is 6.09. The Balaban J connectivity index is 0. The van der Waals surface area contributed by atoms with Crippen LogP contribution in [0.3, 0.4) is 0 Å². The number of aryl methyl sites for hydroxylation is 1. The zero-order valence-corrected chi connectivity index (χ0v) is 13.8. The van der Waals surface area contributed by atoms with Gasteiger partial charge in [0.1, 0.15) is 0 Å². The van der Waals surface area contributed by atoms with Gasteiger partial charge in [0, 0.05) is 32.0 Å². The van der Waals surface area contributed by atoms with Gasteiger partial charge in [-0.2, -0.15) is 5.10 Å². The Hall–Kier alpha value is -0.470. The van der Waals surface area contributed by atoms with Gasteiger partial charge in [0.2, 0.25) is 0 Å². The molecule has 1 rings (SSSR count). The van der Waals surface area contributed by atoms with Crippen LogP contribution >= 0.6 is 24.0 Å². The average Bonchev–Trinajstić information content (AvgIpc) is 2.87. The summed E-state index contributed by atoms with van der Waals surface area (Å²) in [5, 5.41) is 9.71. The van der Waals surface area contributed by atoms with E-state index in [9.17, 15) is 0 Å². The van der Waals surface area contributed by atoms with Gasteiger partial charge in [0.15, 0.2) is 0 Å². The second-order valence-electron chi connectivity index (χ2n) is 3.30. The van der Waals surface area contributed by atoms with E-state index in [1.165, 1.54) is 12.1 Å². The smallest absolute Gasteiger partial charge is 0.0862 e. The lowest BCUT2D eigenvalue weighted by Gasteiger charge is -2.22. The van der Waals surface area contributed by atoms with Gasteiger partial charge >= 0.3 is 0 Å². The molecule has 1 aromatic rings. The van der Waals surface area contributed by atoms with Crippen LogP contribution in [-0.4, -0.2) is 33.7 Å². The van der Waals surface area contributed by atoms with E-state index in [0.29, 0.717) is 0 Å². The molecule has 19 heavy (non-hydrogen) atoms. The molecule has 1 aromatic heterocycles. The molecule has 0 spiro atoms. The highest BCUT2D eigenvalue weighted by atomic mass is 35.5. The highest BCUT2D eigenvalue weighted by Crippen LogP contribution is 2.18. The maximum Gasteiger partial charge on any atom is 0.0862 e. The van der Waals surface area contributed by atoms with E-state index >= 15 is 0 Å². The molecule has 6 nitrogen and oxygen atoms in total. The molecule has 8 heteroatoms. The summed E-state index contributed by atoms with van der Waals surface area (Å²) in [5.74, 6) is 0. The van der Waals surface area contributed by atoms with Crippen molar-refractivity contribution in [2.45, 2.75) is 33.8 Å². The summed E-state index contributed by atoms with van der Waals surface area (Å²) >= 11 is 4.83. The predicted octanol–water partition coefficient (Wildman–Crippen LogP) is 2.33. The summed E-state index contributed by atoms with van der Waals surface area (Å²) in [6.07, 6.45) is 3.88. The minimum atomic E-state index is 0.159. The van der Waals surface area contributed by atoms with E-state index in [1.807, 2.05) is 45.2 Å². The predicted molar refractivity (Wildman–Crippen MR) is 82.8 cm³/mol. The van der Waals surface area contributed by atoms with E-state index in [4.69, 9.17) is 14.5 Å². The molecular formula is C11H25ClN4O2S. The number of hydrogen-bond acceptors (Lipinski definition) is 6. The Morgan fingerprint density at radius 3 is 2.53 bits per heavy atom. The fourth-order valence-electron chi connectivity index (χ4n) is 1.32. The van der Waals surface area contributed by atoms with Crippen LogP contribution in [0.5, 0.6) is 0 Å². The van der Waals surface area contributed by atoms with Crippen molar-refractivity contribution < 1.29 is 9.40 Å². The number of nitrogens with zero attached hydrogens (tertiary/aromatic N) is 3. The fourth-order valence-corrected chi connectivity index (χ4v) is 1.83. The van der Waals surface area contributed by atoms with Gasteiger partial charge in [0.25, 0.3) is 0 Å². The van der Waals surface area contributed by atoms with Crippen LogP contribution in [0.4, 0.5) is 5.69 Å². The molecule has 114 valence electrons. The standard InChI is InChI=1S/C9H18N4OS.C2H6.ClHO/c1-4-14-8(2)6-13(15-10)9-5-11-12(3)7-9;2*1-2/h5,7-8H,4,6,10H2,1-3H3;1-2H3;2H. The van der Waals surface area contributed by atoms with Gasteiger partial charge < -0.3 is 4.74 Å². The molecule has 0 saturated heterocycles. The number of anilines is 1. The highest BCUT2D eigenvalue weighted by Gasteiger charge is 2.12. The maximum absolute atomic E-state index is 6.47. The molecule has 0 aliphatic carbocycles. The van der Waals surface area contributed by atoms with Crippen LogP contribution in [0.25, 0.3) is 0 Å². The third kappa shape index (κ3) is 9.12. The van der Waals surface area contributed by atoms with E-state index in [-0.39, 0.29) is 6.10 Å². The van der Waals surface area contributed by atoms with Crippen molar-refractivity contribution >= 4 is 29.7 Å². The molecule has 0 aliphatic rings. The number of halogens is 1. The summed E-state index contributed by atoms with van der Waals surface area (Å²) in [6.45, 7) is 9.49. The summed E-state index contributed by atoms with van der Waals surface area (Å²) in [7, 11) is 1.88. The second kappa shape index (κ2) is 14.0. The monoisotopic (exact) mass is 312 g/mol. The molecule has 1 unspecified atom stereocenters. The Labute approximate surface area is 125 Å². The van der Waals surface area contributed by atoms with Crippen LogP contribution in [-0.2, 0) is 11.8 Å². The lowest BCUT2D eigenvalue weighted by atomic mass is 10.4. The SMILES string of the molecule is CC.CCOC(C)CN(SN)c1cnn(C)c1.OCl. The molecule has 0 aliphatic heterocycles. The minimum Gasteiger partial charge on any atom is -0.377 e. The van der Waals surface area contributed by atoms with Crippen molar-refractivity contribution in [2.24, 2.45) is 12.2 Å². The first-order chi connectivity index (χ1) is 9.17. The molecular weight excluding hydrogens is 288 g/mol. The summed E-state index contributed by atoms with van der Waals surface area (Å²) in [6, 6.07) is 0. The number of hydrogen-bond donors (Lipinski definition) is 2. The van der Waals surface area contributed by atoms with E-state index < -0.39 is 0 Å². The van der Waals surface area contributed by atoms with Crippen molar-refractivity contribution in [3.05, 3.63) is 12.4 Å². The normalized spacial score (nSPS) is 10.7. The van der Waals surface area contributed by atoms with Crippen LogP contribution in [0.15, 0.2) is 12.4 Å². The first kappa shape index (κ1) is 20.8. The number of ether oxygens (including phenoxy) is 1. The Morgan fingerprint density at radius 2 is 2.16 bits per heavy atom. The van der Waals surface area contributed by atoms with Crippen LogP contribution in [0.1, 0.15) is 27.7 Å². The number of nitrogens with two attached hydrogens (primary N) is 1. The van der Waals surface area contributed by atoms with Gasteiger partial charge in [-0.3, -0.25) is 18.8 Å². The Kier molecular flexibility index (Phi) is 15.3. The molecule has 0 bridgehead atoms. The largest absolute Gasteiger partial charge is 0.377 e. The van der Waals surface area contributed by atoms with Crippen LogP contribution < -0.4 is 9.44 Å². The lowest BCUT2D eigenvalue weighted by Crippen LogP contribution is -2.28. The third-order valence-electron chi connectivity index (χ3n) is 1.98. The highest BCUT2D eigenvalue weighted by molar-refractivity contribution is 7.98. The molecule has 0 fully saturated rings. The molecule has 0 saturated carbocycles. The Bertz CT molecular complexity index is 302. The topological polar surface area (TPSA) is 76.5 Å².